The normalized spacial score (nSPS) is 20.6. The summed E-state index contributed by atoms with van der Waals surface area (Å²) in [6.45, 7) is 6.29. The van der Waals surface area contributed by atoms with Crippen molar-refractivity contribution < 1.29 is 7.25 Å². The molecule has 2 N–H and O–H groups in total. The Morgan fingerprint density at radius 3 is 2.76 bits per heavy atom. The average Bonchev–Trinajstić information content (AvgIpc) is 3.55. The zero-order chi connectivity index (χ0) is 23.5. The van der Waals surface area contributed by atoms with Gasteiger partial charge < -0.3 is 19.7 Å². The topological polar surface area (TPSA) is 103 Å². The second-order valence-corrected chi connectivity index (χ2v) is 12.5. The van der Waals surface area contributed by atoms with Crippen molar-refractivity contribution in [3.05, 3.63) is 52.1 Å². The third-order valence-corrected chi connectivity index (χ3v) is 10.4. The van der Waals surface area contributed by atoms with E-state index in [0.717, 1.165) is 53.5 Å². The number of alkyl halides is 1. The molecule has 10 heteroatoms. The molecule has 3 aromatic rings. The number of halogens is 1. The maximum absolute atomic E-state index is 12.2. The van der Waals surface area contributed by atoms with Crippen molar-refractivity contribution in [3.63, 3.8) is 0 Å². The minimum absolute atomic E-state index is 0.00455. The molecule has 34 heavy (non-hydrogen) atoms. The number of nitrogens with zero attached hydrogens (tertiary/aromatic N) is 5. The van der Waals surface area contributed by atoms with E-state index in [1.807, 2.05) is 25.3 Å². The fourth-order valence-corrected chi connectivity index (χ4v) is 8.28. The lowest BCUT2D eigenvalue weighted by Gasteiger charge is -2.27. The lowest BCUT2D eigenvalue weighted by molar-refractivity contribution is -0.478. The van der Waals surface area contributed by atoms with Gasteiger partial charge in [-0.25, -0.2) is 2.73 Å². The van der Waals surface area contributed by atoms with E-state index in [9.17, 15) is 4.79 Å². The lowest BCUT2D eigenvalue weighted by atomic mass is 10.0. The summed E-state index contributed by atoms with van der Waals surface area (Å²) >= 11 is 0.00455. The molecular weight excluding hydrogens is 545 g/mol. The standard InChI is InChI=1S/C24H30IN7O2/c1-3-16-5-8-20(28-23(16)33)17-4-6-18(14-17)25-32-12-10-31(11-13-32)19-7-9-21(27-15-19)22-29-24(26-2)34-30-22/h5,7-9,15,17-18H,3-4,6,10-14H2,1-2H3,(H-,26,28,29,30,33)/p+1/t17-,18?/m1/s1. The molecule has 0 radical (unpaired) electrons. The van der Waals surface area contributed by atoms with Gasteiger partial charge in [-0.05, 0) is 43.9 Å². The van der Waals surface area contributed by atoms with Crippen molar-refractivity contribution in [2.75, 3.05) is 43.4 Å². The van der Waals surface area contributed by atoms with E-state index in [-0.39, 0.29) is 26.6 Å². The predicted molar refractivity (Wildman–Crippen MR) is 140 cm³/mol. The molecule has 0 aromatic carbocycles. The molecule has 4 heterocycles. The van der Waals surface area contributed by atoms with Gasteiger partial charge in [-0.2, -0.15) is 4.98 Å². The Morgan fingerprint density at radius 2 is 2.09 bits per heavy atom. The number of piperazine rings is 1. The van der Waals surface area contributed by atoms with Crippen LogP contribution in [0.4, 0.5) is 11.7 Å². The Labute approximate surface area is 209 Å². The molecule has 5 rings (SSSR count). The van der Waals surface area contributed by atoms with E-state index in [1.165, 1.54) is 19.3 Å². The monoisotopic (exact) mass is 576 g/mol. The first-order chi connectivity index (χ1) is 16.6. The number of anilines is 2. The van der Waals surface area contributed by atoms with Gasteiger partial charge in [0, 0.05) is 24.2 Å². The Morgan fingerprint density at radius 1 is 1.24 bits per heavy atom. The molecule has 1 saturated carbocycles. The molecule has 1 saturated heterocycles. The van der Waals surface area contributed by atoms with Gasteiger partial charge >= 0.3 is 6.01 Å². The molecule has 3 aromatic heterocycles. The van der Waals surface area contributed by atoms with Crippen LogP contribution >= 0.6 is 21.0 Å². The van der Waals surface area contributed by atoms with Gasteiger partial charge in [0.25, 0.3) is 5.56 Å². The maximum Gasteiger partial charge on any atom is 0.321 e. The van der Waals surface area contributed by atoms with Gasteiger partial charge in [0.1, 0.15) is 5.69 Å². The fourth-order valence-electron chi connectivity index (χ4n) is 4.70. The number of rotatable bonds is 6. The summed E-state index contributed by atoms with van der Waals surface area (Å²) in [7, 11) is 1.74. The first-order valence-electron chi connectivity index (χ1n) is 12.0. The highest BCUT2D eigenvalue weighted by atomic mass is 127. The van der Waals surface area contributed by atoms with Gasteiger partial charge in [0.15, 0.2) is 13.1 Å². The summed E-state index contributed by atoms with van der Waals surface area (Å²) < 4.78 is 8.60. The molecule has 2 atom stereocenters. The number of hydrogen-bond acceptors (Lipinski definition) is 7. The van der Waals surface area contributed by atoms with Crippen LogP contribution < -0.4 is 15.8 Å². The highest BCUT2D eigenvalue weighted by Crippen LogP contribution is 2.39. The van der Waals surface area contributed by atoms with Gasteiger partial charge in [-0.1, -0.05) is 18.1 Å². The Hall–Kier alpha value is -2.63. The van der Waals surface area contributed by atoms with Crippen LogP contribution in [-0.4, -0.2) is 60.0 Å². The largest absolute Gasteiger partial charge is 0.358 e. The second-order valence-electron chi connectivity index (χ2n) is 8.80. The van der Waals surface area contributed by atoms with Crippen molar-refractivity contribution in [3.8, 4) is 11.5 Å². The van der Waals surface area contributed by atoms with Gasteiger partial charge in [-0.15, -0.1) is 0 Å². The van der Waals surface area contributed by atoms with Crippen molar-refractivity contribution in [1.29, 1.82) is 0 Å². The number of pyridine rings is 2. The maximum atomic E-state index is 12.2. The van der Waals surface area contributed by atoms with Crippen molar-refractivity contribution in [1.82, 2.24) is 20.1 Å². The van der Waals surface area contributed by atoms with Crippen molar-refractivity contribution in [2.45, 2.75) is 42.4 Å². The van der Waals surface area contributed by atoms with Crippen LogP contribution in [0.3, 0.4) is 0 Å². The van der Waals surface area contributed by atoms with Crippen LogP contribution in [0.25, 0.3) is 11.5 Å². The molecule has 2 aliphatic rings. The average molecular weight is 576 g/mol. The highest BCUT2D eigenvalue weighted by molar-refractivity contribution is 14.1. The van der Waals surface area contributed by atoms with E-state index >= 15 is 0 Å². The van der Waals surface area contributed by atoms with Crippen LogP contribution in [0.15, 0.2) is 39.8 Å². The smallest absolute Gasteiger partial charge is 0.321 e. The number of nitrogens with one attached hydrogen (secondary N) is 2. The Kier molecular flexibility index (Phi) is 7.02. The molecule has 0 bridgehead atoms. The second kappa shape index (κ2) is 10.3. The summed E-state index contributed by atoms with van der Waals surface area (Å²) in [5.74, 6) is 1.00. The lowest BCUT2D eigenvalue weighted by Crippen LogP contribution is -2.40. The Bertz CT molecular complexity index is 1210. The van der Waals surface area contributed by atoms with Gasteiger partial charge in [-0.3, -0.25) is 9.78 Å². The highest BCUT2D eigenvalue weighted by Gasteiger charge is 2.30. The minimum atomic E-state index is 0.00455. The summed E-state index contributed by atoms with van der Waals surface area (Å²) in [5.41, 5.74) is 3.96. The summed E-state index contributed by atoms with van der Waals surface area (Å²) in [5, 5.41) is 6.78. The minimum Gasteiger partial charge on any atom is -0.358 e. The Balaban J connectivity index is 1.16. The van der Waals surface area contributed by atoms with Crippen LogP contribution in [-0.2, 0) is 6.42 Å². The number of hydrogen-bond donors (Lipinski definition) is 2. The third kappa shape index (κ3) is 5.06. The van der Waals surface area contributed by atoms with Gasteiger partial charge in [0.05, 0.1) is 28.9 Å². The van der Waals surface area contributed by atoms with E-state index in [4.69, 9.17) is 4.52 Å². The van der Waals surface area contributed by atoms with Crippen LogP contribution in [0.5, 0.6) is 0 Å². The summed E-state index contributed by atoms with van der Waals surface area (Å²) in [6.07, 6.45) is 6.39. The molecule has 1 aliphatic heterocycles. The molecule has 180 valence electrons. The third-order valence-electron chi connectivity index (χ3n) is 6.69. The zero-order valence-electron chi connectivity index (χ0n) is 19.6. The number of aromatic nitrogens is 4. The first-order valence-corrected chi connectivity index (χ1v) is 14.2. The van der Waals surface area contributed by atoms with Crippen molar-refractivity contribution >= 4 is 32.7 Å². The number of H-pyrrole nitrogens is 1. The number of aryl methyl sites for hydroxylation is 1. The molecule has 1 aliphatic carbocycles. The zero-order valence-corrected chi connectivity index (χ0v) is 21.8. The molecule has 0 spiro atoms. The van der Waals surface area contributed by atoms with Crippen LogP contribution in [0.2, 0.25) is 0 Å². The van der Waals surface area contributed by atoms with E-state index < -0.39 is 0 Å². The van der Waals surface area contributed by atoms with Crippen LogP contribution in [0.1, 0.15) is 43.4 Å². The number of aromatic amines is 1. The molecule has 9 nitrogen and oxygen atoms in total. The van der Waals surface area contributed by atoms with E-state index in [1.54, 1.807) is 7.05 Å². The quantitative estimate of drug-likeness (QED) is 0.341. The summed E-state index contributed by atoms with van der Waals surface area (Å²) in [6, 6.07) is 8.58. The first kappa shape index (κ1) is 23.1. The van der Waals surface area contributed by atoms with Crippen LogP contribution in [0, 0.1) is 0 Å². The predicted octanol–water partition coefficient (Wildman–Crippen LogP) is 3.75. The van der Waals surface area contributed by atoms with Crippen molar-refractivity contribution in [2.24, 2.45) is 0 Å². The van der Waals surface area contributed by atoms with E-state index in [0.29, 0.717) is 23.5 Å². The molecule has 2 fully saturated rings. The molecular formula is C24H31IN7O2+. The van der Waals surface area contributed by atoms with E-state index in [2.05, 4.69) is 45.2 Å². The molecule has 1 unspecified atom stereocenters. The molecule has 0 amide bonds. The fraction of sp³-hybridized carbons (Fsp3) is 0.500. The summed E-state index contributed by atoms with van der Waals surface area (Å²) in [4.78, 5) is 26.5. The van der Waals surface area contributed by atoms with Gasteiger partial charge in [0.2, 0.25) is 26.9 Å². The SMILES string of the molecule is CCc1ccc([C@@H]2CCC(I=[N+]3CCN(c4ccc(-c5noc(NC)n5)nc4)CC3)C2)[nH]c1=O.